The monoisotopic (exact) mass is 370 g/mol. The van der Waals surface area contributed by atoms with Crippen LogP contribution < -0.4 is 5.32 Å². The lowest BCUT2D eigenvalue weighted by molar-refractivity contribution is -0.113. The minimum Gasteiger partial charge on any atom is -0.341 e. The van der Waals surface area contributed by atoms with Gasteiger partial charge in [-0.1, -0.05) is 11.8 Å². The van der Waals surface area contributed by atoms with E-state index in [0.29, 0.717) is 21.2 Å². The molecule has 25 heavy (non-hydrogen) atoms. The normalized spacial score (nSPS) is 13.4. The molecule has 2 N–H and O–H groups in total. The summed E-state index contributed by atoms with van der Waals surface area (Å²) in [6.07, 6.45) is 7.17. The number of amides is 1. The minimum absolute atomic E-state index is 0.147. The zero-order valence-electron chi connectivity index (χ0n) is 13.2. The molecule has 7 nitrogen and oxygen atoms in total. The van der Waals surface area contributed by atoms with Crippen LogP contribution in [0.15, 0.2) is 17.7 Å². The van der Waals surface area contributed by atoms with Gasteiger partial charge in [-0.05, 0) is 31.2 Å². The topological polar surface area (TPSA) is 107 Å². The highest BCUT2D eigenvalue weighted by Crippen LogP contribution is 2.37. The number of thioether (sulfide) groups is 1. The summed E-state index contributed by atoms with van der Waals surface area (Å²) in [4.78, 5) is 28.9. The molecule has 0 atom stereocenters. The first-order chi connectivity index (χ1) is 12.3. The summed E-state index contributed by atoms with van der Waals surface area (Å²) in [7, 11) is 0. The number of imidazole rings is 1. The predicted molar refractivity (Wildman–Crippen MR) is 96.7 cm³/mol. The number of carbonyl (C=O) groups excluding carboxylic acids is 1. The first-order valence-electron chi connectivity index (χ1n) is 7.87. The Labute approximate surface area is 151 Å². The fraction of sp³-hybridized carbons (Fsp3) is 0.312. The molecule has 0 fully saturated rings. The number of hydrogen-bond acceptors (Lipinski definition) is 7. The number of nitriles is 1. The molecular formula is C16H14N6OS2. The molecule has 3 heterocycles. The second kappa shape index (κ2) is 6.82. The van der Waals surface area contributed by atoms with Crippen LogP contribution in [0.5, 0.6) is 0 Å². The Morgan fingerprint density at radius 1 is 1.36 bits per heavy atom. The Balaban J connectivity index is 1.47. The van der Waals surface area contributed by atoms with Crippen molar-refractivity contribution in [2.75, 3.05) is 11.1 Å². The van der Waals surface area contributed by atoms with Crippen LogP contribution in [-0.2, 0) is 17.6 Å². The standard InChI is InChI=1S/C16H14N6OS2/c17-5-10-9-3-1-2-4-11(9)25-15(10)22-12(23)6-24-16-13-14(19-7-18-13)20-8-21-16/h7-8H,1-4,6H2,(H,22,23)(H,18,19,20,21). The maximum Gasteiger partial charge on any atom is 0.235 e. The second-order valence-electron chi connectivity index (χ2n) is 5.64. The van der Waals surface area contributed by atoms with E-state index < -0.39 is 0 Å². The lowest BCUT2D eigenvalue weighted by atomic mass is 9.96. The molecule has 126 valence electrons. The van der Waals surface area contributed by atoms with E-state index in [1.165, 1.54) is 34.3 Å². The Bertz CT molecular complexity index is 986. The Morgan fingerprint density at radius 3 is 3.12 bits per heavy atom. The average Bonchev–Trinajstić information content (AvgIpc) is 3.23. The maximum absolute atomic E-state index is 12.3. The van der Waals surface area contributed by atoms with Gasteiger partial charge in [0.15, 0.2) is 5.65 Å². The molecule has 1 aliphatic rings. The van der Waals surface area contributed by atoms with Crippen LogP contribution in [0, 0.1) is 11.3 Å². The van der Waals surface area contributed by atoms with Crippen LogP contribution in [0.4, 0.5) is 5.00 Å². The first-order valence-corrected chi connectivity index (χ1v) is 9.68. The van der Waals surface area contributed by atoms with E-state index in [2.05, 4.69) is 31.3 Å². The largest absolute Gasteiger partial charge is 0.341 e. The van der Waals surface area contributed by atoms with Gasteiger partial charge >= 0.3 is 0 Å². The van der Waals surface area contributed by atoms with Crippen LogP contribution in [0.3, 0.4) is 0 Å². The molecule has 9 heteroatoms. The summed E-state index contributed by atoms with van der Waals surface area (Å²) in [5.74, 6) is 0.0600. The van der Waals surface area contributed by atoms with E-state index in [0.717, 1.165) is 36.8 Å². The van der Waals surface area contributed by atoms with Gasteiger partial charge in [-0.2, -0.15) is 5.26 Å². The van der Waals surface area contributed by atoms with E-state index in [-0.39, 0.29) is 11.7 Å². The second-order valence-corrected chi connectivity index (χ2v) is 7.71. The van der Waals surface area contributed by atoms with Crippen molar-refractivity contribution < 1.29 is 4.79 Å². The number of rotatable bonds is 4. The van der Waals surface area contributed by atoms with Crippen LogP contribution in [0.25, 0.3) is 11.2 Å². The summed E-state index contributed by atoms with van der Waals surface area (Å²) in [5.41, 5.74) is 3.06. The molecule has 0 bridgehead atoms. The highest BCUT2D eigenvalue weighted by molar-refractivity contribution is 8.00. The number of H-pyrrole nitrogens is 1. The number of hydrogen-bond donors (Lipinski definition) is 2. The molecule has 0 aliphatic heterocycles. The van der Waals surface area contributed by atoms with E-state index in [1.54, 1.807) is 6.33 Å². The third kappa shape index (κ3) is 3.10. The number of aryl methyl sites for hydroxylation is 1. The quantitative estimate of drug-likeness (QED) is 0.540. The summed E-state index contributed by atoms with van der Waals surface area (Å²) < 4.78 is 0. The van der Waals surface area contributed by atoms with Crippen molar-refractivity contribution >= 4 is 45.2 Å². The van der Waals surface area contributed by atoms with E-state index in [1.807, 2.05) is 0 Å². The Kier molecular flexibility index (Phi) is 4.38. The number of aromatic nitrogens is 4. The molecule has 4 rings (SSSR count). The number of anilines is 1. The van der Waals surface area contributed by atoms with Gasteiger partial charge in [0, 0.05) is 4.88 Å². The summed E-state index contributed by atoms with van der Waals surface area (Å²) >= 11 is 2.85. The summed E-state index contributed by atoms with van der Waals surface area (Å²) in [6, 6.07) is 2.26. The van der Waals surface area contributed by atoms with Crippen molar-refractivity contribution in [3.8, 4) is 6.07 Å². The zero-order valence-corrected chi connectivity index (χ0v) is 14.8. The summed E-state index contributed by atoms with van der Waals surface area (Å²) in [6.45, 7) is 0. The molecular weight excluding hydrogens is 356 g/mol. The lowest BCUT2D eigenvalue weighted by Gasteiger charge is -2.09. The average molecular weight is 370 g/mol. The SMILES string of the molecule is N#Cc1c(NC(=O)CSc2ncnc3nc[nH]c23)sc2c1CCCC2. The molecule has 0 spiro atoms. The van der Waals surface area contributed by atoms with E-state index in [4.69, 9.17) is 0 Å². The predicted octanol–water partition coefficient (Wildman–Crippen LogP) is 2.90. The van der Waals surface area contributed by atoms with Crippen LogP contribution in [0.1, 0.15) is 28.8 Å². The van der Waals surface area contributed by atoms with E-state index in [9.17, 15) is 10.1 Å². The van der Waals surface area contributed by atoms with Crippen molar-refractivity contribution in [1.82, 2.24) is 19.9 Å². The fourth-order valence-corrected chi connectivity index (χ4v) is 4.93. The number of aromatic amines is 1. The van der Waals surface area contributed by atoms with Gasteiger partial charge in [0.2, 0.25) is 5.91 Å². The van der Waals surface area contributed by atoms with Crippen LogP contribution in [0.2, 0.25) is 0 Å². The van der Waals surface area contributed by atoms with Gasteiger partial charge < -0.3 is 10.3 Å². The van der Waals surface area contributed by atoms with Gasteiger partial charge in [-0.3, -0.25) is 4.79 Å². The Morgan fingerprint density at radius 2 is 2.24 bits per heavy atom. The molecule has 0 saturated heterocycles. The van der Waals surface area contributed by atoms with Crippen molar-refractivity contribution in [2.45, 2.75) is 30.7 Å². The van der Waals surface area contributed by atoms with Crippen LogP contribution in [-0.4, -0.2) is 31.6 Å². The molecule has 0 saturated carbocycles. The van der Waals surface area contributed by atoms with Crippen molar-refractivity contribution in [3.63, 3.8) is 0 Å². The smallest absolute Gasteiger partial charge is 0.235 e. The number of nitrogens with one attached hydrogen (secondary N) is 2. The van der Waals surface area contributed by atoms with Gasteiger partial charge in [0.05, 0.1) is 17.6 Å². The van der Waals surface area contributed by atoms with E-state index >= 15 is 0 Å². The minimum atomic E-state index is -0.147. The molecule has 0 radical (unpaired) electrons. The maximum atomic E-state index is 12.3. The first kappa shape index (κ1) is 16.1. The third-order valence-corrected chi connectivity index (χ3v) is 6.26. The molecule has 3 aromatic heterocycles. The van der Waals surface area contributed by atoms with Crippen molar-refractivity contribution in [2.24, 2.45) is 0 Å². The zero-order chi connectivity index (χ0) is 17.2. The summed E-state index contributed by atoms with van der Waals surface area (Å²) in [5, 5.41) is 13.7. The highest BCUT2D eigenvalue weighted by Gasteiger charge is 2.22. The Hall–Kier alpha value is -2.44. The molecule has 3 aromatic rings. The highest BCUT2D eigenvalue weighted by atomic mass is 32.2. The molecule has 1 aliphatic carbocycles. The van der Waals surface area contributed by atoms with Crippen LogP contribution >= 0.6 is 23.1 Å². The van der Waals surface area contributed by atoms with Gasteiger partial charge in [0.25, 0.3) is 0 Å². The fourth-order valence-electron chi connectivity index (χ4n) is 2.92. The number of nitrogens with zero attached hydrogens (tertiary/aromatic N) is 4. The van der Waals surface area contributed by atoms with Gasteiger partial charge in [0.1, 0.15) is 27.9 Å². The third-order valence-electron chi connectivity index (χ3n) is 4.06. The molecule has 1 amide bonds. The molecule has 0 unspecified atom stereocenters. The van der Waals surface area contributed by atoms with Gasteiger partial charge in [-0.25, -0.2) is 15.0 Å². The van der Waals surface area contributed by atoms with Crippen molar-refractivity contribution in [3.05, 3.63) is 28.7 Å². The molecule has 0 aromatic carbocycles. The van der Waals surface area contributed by atoms with Crippen molar-refractivity contribution in [1.29, 1.82) is 5.26 Å². The van der Waals surface area contributed by atoms with Gasteiger partial charge in [-0.15, -0.1) is 11.3 Å². The lowest BCUT2D eigenvalue weighted by Crippen LogP contribution is -2.14. The number of fused-ring (bicyclic) bond motifs is 2. The number of carbonyl (C=O) groups is 1. The number of thiophene rings is 1.